The van der Waals surface area contributed by atoms with Crippen molar-refractivity contribution in [2.45, 2.75) is 20.4 Å². The van der Waals surface area contributed by atoms with Gasteiger partial charge >= 0.3 is 6.03 Å². The fourth-order valence-electron chi connectivity index (χ4n) is 2.39. The molecule has 0 bridgehead atoms. The monoisotopic (exact) mass is 280 g/mol. The van der Waals surface area contributed by atoms with Crippen molar-refractivity contribution >= 4 is 17.1 Å². The number of rotatable bonds is 2. The second-order valence-electron chi connectivity index (χ2n) is 5.02. The highest BCUT2D eigenvalue weighted by Gasteiger charge is 2.11. The maximum atomic E-state index is 12.3. The Labute approximate surface area is 122 Å². The number of amides is 1. The van der Waals surface area contributed by atoms with Crippen molar-refractivity contribution in [1.29, 1.82) is 0 Å². The molecule has 2 aromatic carbocycles. The Bertz CT molecular complexity index is 787. The van der Waals surface area contributed by atoms with Gasteiger partial charge in [-0.3, -0.25) is 0 Å². The summed E-state index contributed by atoms with van der Waals surface area (Å²) in [5.74, 6) is 0. The number of para-hydroxylation sites is 1. The smallest absolute Gasteiger partial charge is 0.332 e. The number of aryl methyl sites for hydroxylation is 2. The van der Waals surface area contributed by atoms with Crippen LogP contribution >= 0.6 is 0 Å². The second kappa shape index (κ2) is 5.36. The SMILES string of the molecule is Cc1cccc(C)c1CNC(=O)n1nnc2ccccc21. The van der Waals surface area contributed by atoms with Gasteiger partial charge in [0.05, 0.1) is 5.52 Å². The van der Waals surface area contributed by atoms with E-state index in [9.17, 15) is 4.79 Å². The molecule has 0 fully saturated rings. The molecule has 0 saturated heterocycles. The Kier molecular flexibility index (Phi) is 3.39. The molecular weight excluding hydrogens is 264 g/mol. The minimum atomic E-state index is -0.272. The molecule has 3 rings (SSSR count). The van der Waals surface area contributed by atoms with E-state index in [-0.39, 0.29) is 6.03 Å². The highest BCUT2D eigenvalue weighted by Crippen LogP contribution is 2.13. The summed E-state index contributed by atoms with van der Waals surface area (Å²) in [5.41, 5.74) is 4.88. The van der Waals surface area contributed by atoms with Crippen molar-refractivity contribution in [3.05, 3.63) is 59.2 Å². The van der Waals surface area contributed by atoms with Crippen molar-refractivity contribution in [2.75, 3.05) is 0 Å². The van der Waals surface area contributed by atoms with Crippen molar-refractivity contribution in [3.8, 4) is 0 Å². The molecule has 3 aromatic rings. The fraction of sp³-hybridized carbons (Fsp3) is 0.188. The van der Waals surface area contributed by atoms with Crippen LogP contribution in [0.1, 0.15) is 16.7 Å². The van der Waals surface area contributed by atoms with Gasteiger partial charge in [-0.2, -0.15) is 4.68 Å². The number of fused-ring (bicyclic) bond motifs is 1. The van der Waals surface area contributed by atoms with Gasteiger partial charge in [0, 0.05) is 6.54 Å². The summed E-state index contributed by atoms with van der Waals surface area (Å²) in [7, 11) is 0. The van der Waals surface area contributed by atoms with Crippen LogP contribution in [0.15, 0.2) is 42.5 Å². The van der Waals surface area contributed by atoms with Gasteiger partial charge in [-0.25, -0.2) is 4.79 Å². The van der Waals surface area contributed by atoms with Crippen LogP contribution in [0.25, 0.3) is 11.0 Å². The Morgan fingerprint density at radius 1 is 1.10 bits per heavy atom. The van der Waals surface area contributed by atoms with E-state index in [1.54, 1.807) is 0 Å². The van der Waals surface area contributed by atoms with E-state index in [0.717, 1.165) is 5.56 Å². The van der Waals surface area contributed by atoms with Gasteiger partial charge in [-0.15, -0.1) is 5.10 Å². The van der Waals surface area contributed by atoms with E-state index in [1.165, 1.54) is 15.8 Å². The lowest BCUT2D eigenvalue weighted by molar-refractivity contribution is 0.239. The lowest BCUT2D eigenvalue weighted by Crippen LogP contribution is -2.29. The third-order valence-corrected chi connectivity index (χ3v) is 3.61. The largest absolute Gasteiger partial charge is 0.344 e. The number of nitrogens with zero attached hydrogens (tertiary/aromatic N) is 3. The summed E-state index contributed by atoms with van der Waals surface area (Å²) in [6.45, 7) is 4.56. The number of nitrogens with one attached hydrogen (secondary N) is 1. The van der Waals surface area contributed by atoms with Crippen LogP contribution in [0.4, 0.5) is 4.79 Å². The third kappa shape index (κ3) is 2.50. The first kappa shape index (κ1) is 13.3. The van der Waals surface area contributed by atoms with Crippen LogP contribution in [-0.4, -0.2) is 21.0 Å². The molecule has 1 N–H and O–H groups in total. The molecule has 0 aliphatic carbocycles. The summed E-state index contributed by atoms with van der Waals surface area (Å²) in [5, 5.41) is 10.8. The molecule has 21 heavy (non-hydrogen) atoms. The van der Waals surface area contributed by atoms with Crippen LogP contribution in [-0.2, 0) is 6.54 Å². The first-order chi connectivity index (χ1) is 10.2. The summed E-state index contributed by atoms with van der Waals surface area (Å²) in [6, 6.07) is 13.2. The lowest BCUT2D eigenvalue weighted by Gasteiger charge is -2.10. The topological polar surface area (TPSA) is 59.8 Å². The fourth-order valence-corrected chi connectivity index (χ4v) is 2.39. The first-order valence-corrected chi connectivity index (χ1v) is 6.80. The molecule has 106 valence electrons. The predicted octanol–water partition coefficient (Wildman–Crippen LogP) is 2.81. The van der Waals surface area contributed by atoms with Crippen LogP contribution < -0.4 is 5.32 Å². The number of carbonyl (C=O) groups is 1. The Morgan fingerprint density at radius 3 is 2.57 bits per heavy atom. The Hall–Kier alpha value is -2.69. The van der Waals surface area contributed by atoms with Crippen molar-refractivity contribution in [2.24, 2.45) is 0 Å². The zero-order valence-electron chi connectivity index (χ0n) is 12.0. The Balaban J connectivity index is 1.81. The van der Waals surface area contributed by atoms with E-state index in [2.05, 4.69) is 15.6 Å². The van der Waals surface area contributed by atoms with E-state index < -0.39 is 0 Å². The minimum Gasteiger partial charge on any atom is -0.332 e. The van der Waals surface area contributed by atoms with Gasteiger partial charge in [0.15, 0.2) is 0 Å². The number of hydrogen-bond acceptors (Lipinski definition) is 3. The van der Waals surface area contributed by atoms with E-state index in [1.807, 2.05) is 56.3 Å². The average molecular weight is 280 g/mol. The molecule has 5 nitrogen and oxygen atoms in total. The maximum absolute atomic E-state index is 12.3. The van der Waals surface area contributed by atoms with Crippen molar-refractivity contribution in [1.82, 2.24) is 20.3 Å². The molecule has 0 saturated carbocycles. The summed E-state index contributed by atoms with van der Waals surface area (Å²) in [6.07, 6.45) is 0. The van der Waals surface area contributed by atoms with Gasteiger partial charge in [0.1, 0.15) is 5.52 Å². The molecule has 0 radical (unpaired) electrons. The zero-order valence-corrected chi connectivity index (χ0v) is 12.0. The average Bonchev–Trinajstić information content (AvgIpc) is 2.90. The second-order valence-corrected chi connectivity index (χ2v) is 5.02. The maximum Gasteiger partial charge on any atom is 0.344 e. The van der Waals surface area contributed by atoms with Crippen LogP contribution in [0, 0.1) is 13.8 Å². The number of benzene rings is 2. The summed E-state index contributed by atoms with van der Waals surface area (Å²) in [4.78, 5) is 12.3. The quantitative estimate of drug-likeness (QED) is 0.785. The van der Waals surface area contributed by atoms with Gasteiger partial charge < -0.3 is 5.32 Å². The lowest BCUT2D eigenvalue weighted by atomic mass is 10.0. The predicted molar refractivity (Wildman–Crippen MR) is 81.1 cm³/mol. The van der Waals surface area contributed by atoms with Crippen molar-refractivity contribution < 1.29 is 4.79 Å². The Morgan fingerprint density at radius 2 is 1.81 bits per heavy atom. The molecule has 0 atom stereocenters. The van der Waals surface area contributed by atoms with Gasteiger partial charge in [-0.05, 0) is 42.7 Å². The molecular formula is C16H16N4O. The third-order valence-electron chi connectivity index (χ3n) is 3.61. The van der Waals surface area contributed by atoms with Gasteiger partial charge in [0.25, 0.3) is 0 Å². The molecule has 0 aliphatic heterocycles. The zero-order chi connectivity index (χ0) is 14.8. The molecule has 0 spiro atoms. The highest BCUT2D eigenvalue weighted by atomic mass is 16.2. The summed E-state index contributed by atoms with van der Waals surface area (Å²) >= 11 is 0. The van der Waals surface area contributed by atoms with Gasteiger partial charge in [0.2, 0.25) is 0 Å². The van der Waals surface area contributed by atoms with E-state index in [0.29, 0.717) is 17.6 Å². The molecule has 5 heteroatoms. The van der Waals surface area contributed by atoms with E-state index >= 15 is 0 Å². The minimum absolute atomic E-state index is 0.272. The molecule has 0 aliphatic rings. The van der Waals surface area contributed by atoms with Crippen LogP contribution in [0.3, 0.4) is 0 Å². The van der Waals surface area contributed by atoms with Crippen LogP contribution in [0.2, 0.25) is 0 Å². The normalized spacial score (nSPS) is 10.8. The summed E-state index contributed by atoms with van der Waals surface area (Å²) < 4.78 is 1.29. The molecule has 1 aromatic heterocycles. The number of aromatic nitrogens is 3. The van der Waals surface area contributed by atoms with Crippen molar-refractivity contribution in [3.63, 3.8) is 0 Å². The standard InChI is InChI=1S/C16H16N4O/c1-11-6-5-7-12(2)13(11)10-17-16(21)20-15-9-4-3-8-14(15)18-19-20/h3-9H,10H2,1-2H3,(H,17,21). The number of hydrogen-bond donors (Lipinski definition) is 1. The molecule has 1 heterocycles. The van der Waals surface area contributed by atoms with E-state index in [4.69, 9.17) is 0 Å². The highest BCUT2D eigenvalue weighted by molar-refractivity contribution is 5.87. The number of carbonyl (C=O) groups excluding carboxylic acids is 1. The van der Waals surface area contributed by atoms with Crippen LogP contribution in [0.5, 0.6) is 0 Å². The van der Waals surface area contributed by atoms with Gasteiger partial charge in [-0.1, -0.05) is 35.5 Å². The molecule has 0 unspecified atom stereocenters. The molecule has 1 amide bonds. The first-order valence-electron chi connectivity index (χ1n) is 6.80.